The van der Waals surface area contributed by atoms with Crippen LogP contribution in [0.4, 0.5) is 5.69 Å². The van der Waals surface area contributed by atoms with E-state index in [0.717, 1.165) is 0 Å². The Balaban J connectivity index is 3.04. The van der Waals surface area contributed by atoms with E-state index in [4.69, 9.17) is 5.11 Å². The van der Waals surface area contributed by atoms with E-state index >= 15 is 0 Å². The topological polar surface area (TPSA) is 86.7 Å². The van der Waals surface area contributed by atoms with Crippen LogP contribution in [0, 0.1) is 0 Å². The van der Waals surface area contributed by atoms with Crippen LogP contribution in [0.3, 0.4) is 0 Å². The molecule has 8 heteroatoms. The maximum Gasteiger partial charge on any atom is 0.335 e. The maximum absolute atomic E-state index is 12.0. The molecule has 2 N–H and O–H groups in total. The van der Waals surface area contributed by atoms with Gasteiger partial charge in [0.05, 0.1) is 11.3 Å². The van der Waals surface area contributed by atoms with Gasteiger partial charge in [-0.05, 0) is 48.0 Å². The number of rotatable bonds is 5. The summed E-state index contributed by atoms with van der Waals surface area (Å²) in [6.07, 6.45) is 0. The van der Waals surface area contributed by atoms with Crippen molar-refractivity contribution >= 4 is 37.8 Å². The van der Waals surface area contributed by atoms with Crippen molar-refractivity contribution in [1.82, 2.24) is 4.31 Å². The smallest absolute Gasteiger partial charge is 0.335 e. The lowest BCUT2D eigenvalue weighted by molar-refractivity contribution is 0.0697. The van der Waals surface area contributed by atoms with Crippen molar-refractivity contribution < 1.29 is 18.3 Å². The third kappa shape index (κ3) is 3.92. The lowest BCUT2D eigenvalue weighted by atomic mass is 10.2. The van der Waals surface area contributed by atoms with E-state index in [1.807, 2.05) is 0 Å². The first-order valence-electron chi connectivity index (χ1n) is 5.43. The van der Waals surface area contributed by atoms with Gasteiger partial charge in [-0.15, -0.1) is 0 Å². The minimum Gasteiger partial charge on any atom is -0.478 e. The van der Waals surface area contributed by atoms with Crippen LogP contribution in [-0.4, -0.2) is 36.9 Å². The zero-order valence-corrected chi connectivity index (χ0v) is 13.1. The standard InChI is InChI=1S/C11H15BrN2O4S/c1-7(2)14(3)19(17,18)13-10-5-4-8(11(15)16)6-9(10)12/h4-7,13H,1-3H3,(H,15,16). The second kappa shape index (κ2) is 5.89. The molecule has 0 saturated heterocycles. The van der Waals surface area contributed by atoms with Crippen LogP contribution < -0.4 is 4.72 Å². The molecule has 0 heterocycles. The minimum atomic E-state index is -3.66. The van der Waals surface area contributed by atoms with Gasteiger partial charge in [-0.25, -0.2) is 4.79 Å². The van der Waals surface area contributed by atoms with E-state index < -0.39 is 16.2 Å². The zero-order chi connectivity index (χ0) is 14.8. The molecule has 19 heavy (non-hydrogen) atoms. The van der Waals surface area contributed by atoms with Gasteiger partial charge in [-0.1, -0.05) is 0 Å². The molecule has 0 aliphatic rings. The summed E-state index contributed by atoms with van der Waals surface area (Å²) in [5.74, 6) is -1.07. The van der Waals surface area contributed by atoms with Crippen molar-refractivity contribution in [3.05, 3.63) is 28.2 Å². The lowest BCUT2D eigenvalue weighted by Gasteiger charge is -2.22. The van der Waals surface area contributed by atoms with Crippen LogP contribution in [0.5, 0.6) is 0 Å². The molecule has 0 radical (unpaired) electrons. The van der Waals surface area contributed by atoms with E-state index in [-0.39, 0.29) is 17.3 Å². The van der Waals surface area contributed by atoms with E-state index in [9.17, 15) is 13.2 Å². The maximum atomic E-state index is 12.0. The number of nitrogens with zero attached hydrogens (tertiary/aromatic N) is 1. The highest BCUT2D eigenvalue weighted by molar-refractivity contribution is 9.10. The number of anilines is 1. The Morgan fingerprint density at radius 2 is 2.00 bits per heavy atom. The van der Waals surface area contributed by atoms with Gasteiger partial charge >= 0.3 is 16.2 Å². The van der Waals surface area contributed by atoms with Gasteiger partial charge in [-0.3, -0.25) is 4.72 Å². The van der Waals surface area contributed by atoms with Crippen LogP contribution >= 0.6 is 15.9 Å². The third-order valence-electron chi connectivity index (χ3n) is 2.56. The molecule has 1 aromatic rings. The minimum absolute atomic E-state index is 0.0760. The van der Waals surface area contributed by atoms with Crippen molar-refractivity contribution in [2.24, 2.45) is 0 Å². The number of hydrogen-bond acceptors (Lipinski definition) is 3. The molecule has 106 valence electrons. The first kappa shape index (κ1) is 15.9. The molecule has 0 amide bonds. The monoisotopic (exact) mass is 350 g/mol. The number of aromatic carboxylic acids is 1. The van der Waals surface area contributed by atoms with Gasteiger partial charge in [0.2, 0.25) is 0 Å². The molecule has 1 aromatic carbocycles. The number of carboxylic acid groups (broad SMARTS) is 1. The molecule has 0 unspecified atom stereocenters. The van der Waals surface area contributed by atoms with Crippen LogP contribution in [0.25, 0.3) is 0 Å². The van der Waals surface area contributed by atoms with Crippen molar-refractivity contribution in [2.45, 2.75) is 19.9 Å². The molecule has 0 saturated carbocycles. The molecule has 0 fully saturated rings. The van der Waals surface area contributed by atoms with Gasteiger partial charge in [0, 0.05) is 17.6 Å². The highest BCUT2D eigenvalue weighted by Gasteiger charge is 2.21. The van der Waals surface area contributed by atoms with E-state index in [0.29, 0.717) is 4.47 Å². The number of hydrogen-bond donors (Lipinski definition) is 2. The molecular formula is C11H15BrN2O4S. The van der Waals surface area contributed by atoms with Crippen molar-refractivity contribution in [3.63, 3.8) is 0 Å². The predicted molar refractivity (Wildman–Crippen MR) is 76.5 cm³/mol. The van der Waals surface area contributed by atoms with Gasteiger partial charge in [0.1, 0.15) is 0 Å². The largest absolute Gasteiger partial charge is 0.478 e. The fourth-order valence-electron chi connectivity index (χ4n) is 1.22. The number of carbonyl (C=O) groups is 1. The fraction of sp³-hybridized carbons (Fsp3) is 0.364. The van der Waals surface area contributed by atoms with Crippen LogP contribution in [0.1, 0.15) is 24.2 Å². The van der Waals surface area contributed by atoms with Gasteiger partial charge in [-0.2, -0.15) is 12.7 Å². The fourth-order valence-corrected chi connectivity index (χ4v) is 2.98. The Morgan fingerprint density at radius 3 is 2.42 bits per heavy atom. The summed E-state index contributed by atoms with van der Waals surface area (Å²) in [6.45, 7) is 3.50. The Kier molecular flexibility index (Phi) is 4.94. The first-order chi connectivity index (χ1) is 8.65. The number of halogens is 1. The summed E-state index contributed by atoms with van der Waals surface area (Å²) in [6, 6.07) is 3.89. The average molecular weight is 351 g/mol. The summed E-state index contributed by atoms with van der Waals surface area (Å²) in [5.41, 5.74) is 0.365. The molecule has 1 rings (SSSR count). The molecule has 0 aliphatic heterocycles. The summed E-state index contributed by atoms with van der Waals surface area (Å²) in [4.78, 5) is 10.8. The molecule has 0 aromatic heterocycles. The molecular weight excluding hydrogens is 336 g/mol. The van der Waals surface area contributed by atoms with Gasteiger partial charge < -0.3 is 5.11 Å². The number of carboxylic acids is 1. The van der Waals surface area contributed by atoms with Crippen LogP contribution in [0.15, 0.2) is 22.7 Å². The summed E-state index contributed by atoms with van der Waals surface area (Å²) in [7, 11) is -2.20. The molecule has 0 atom stereocenters. The van der Waals surface area contributed by atoms with Crippen LogP contribution in [0.2, 0.25) is 0 Å². The highest BCUT2D eigenvalue weighted by atomic mass is 79.9. The predicted octanol–water partition coefficient (Wildman–Crippen LogP) is 2.14. The van der Waals surface area contributed by atoms with Gasteiger partial charge in [0.15, 0.2) is 0 Å². The second-order valence-corrected chi connectivity index (χ2v) is 6.80. The number of benzene rings is 1. The molecule has 0 aliphatic carbocycles. The van der Waals surface area contributed by atoms with Crippen molar-refractivity contribution in [2.75, 3.05) is 11.8 Å². The Bertz CT molecular complexity index is 586. The van der Waals surface area contributed by atoms with E-state index in [1.54, 1.807) is 13.8 Å². The van der Waals surface area contributed by atoms with Crippen LogP contribution in [-0.2, 0) is 10.2 Å². The summed E-state index contributed by atoms with van der Waals surface area (Å²) < 4.78 is 27.9. The third-order valence-corrected chi connectivity index (χ3v) is 4.88. The van der Waals surface area contributed by atoms with E-state index in [2.05, 4.69) is 20.7 Å². The SMILES string of the molecule is CC(C)N(C)S(=O)(=O)Nc1ccc(C(=O)O)cc1Br. The summed E-state index contributed by atoms with van der Waals surface area (Å²) >= 11 is 3.15. The summed E-state index contributed by atoms with van der Waals surface area (Å²) in [5, 5.41) is 8.83. The average Bonchev–Trinajstić information content (AvgIpc) is 2.30. The quantitative estimate of drug-likeness (QED) is 0.851. The molecule has 0 spiro atoms. The Hall–Kier alpha value is -1.12. The molecule has 0 bridgehead atoms. The number of nitrogens with one attached hydrogen (secondary N) is 1. The Morgan fingerprint density at radius 1 is 1.42 bits per heavy atom. The lowest BCUT2D eigenvalue weighted by Crippen LogP contribution is -2.37. The second-order valence-electron chi connectivity index (χ2n) is 4.22. The zero-order valence-electron chi connectivity index (χ0n) is 10.7. The normalized spacial score (nSPS) is 11.9. The van der Waals surface area contributed by atoms with Crippen molar-refractivity contribution in [3.8, 4) is 0 Å². The van der Waals surface area contributed by atoms with Crippen molar-refractivity contribution in [1.29, 1.82) is 0 Å². The molecule has 6 nitrogen and oxygen atoms in total. The Labute approximate surface area is 120 Å². The van der Waals surface area contributed by atoms with E-state index in [1.165, 1.54) is 29.6 Å². The first-order valence-corrected chi connectivity index (χ1v) is 7.67. The highest BCUT2D eigenvalue weighted by Crippen LogP contribution is 2.25. The van der Waals surface area contributed by atoms with Gasteiger partial charge in [0.25, 0.3) is 0 Å².